The van der Waals surface area contributed by atoms with E-state index < -0.39 is 16.1 Å². The lowest BCUT2D eigenvalue weighted by atomic mass is 10.1. The predicted molar refractivity (Wildman–Crippen MR) is 129 cm³/mol. The van der Waals surface area contributed by atoms with Gasteiger partial charge in [0.1, 0.15) is 0 Å². The van der Waals surface area contributed by atoms with E-state index >= 15 is 0 Å². The number of anilines is 1. The molecule has 168 valence electrons. The van der Waals surface area contributed by atoms with Gasteiger partial charge in [0.15, 0.2) is 0 Å². The molecule has 32 heavy (non-hydrogen) atoms. The molecular weight excluding hydrogens is 469 g/mol. The van der Waals surface area contributed by atoms with Crippen LogP contribution in [-0.2, 0) is 14.8 Å². The number of hydrogen-bond donors (Lipinski definition) is 1. The minimum absolute atomic E-state index is 0.208. The van der Waals surface area contributed by atoms with Crippen LogP contribution in [-0.4, -0.2) is 55.8 Å². The van der Waals surface area contributed by atoms with E-state index in [1.807, 2.05) is 35.2 Å². The van der Waals surface area contributed by atoms with Crippen molar-refractivity contribution in [1.82, 2.24) is 9.21 Å². The van der Waals surface area contributed by atoms with Gasteiger partial charge in [0.2, 0.25) is 15.9 Å². The molecule has 0 spiro atoms. The molecule has 0 aliphatic carbocycles. The smallest absolute Gasteiger partial charge is 0.243 e. The predicted octanol–water partition coefficient (Wildman–Crippen LogP) is 4.48. The fourth-order valence-corrected chi connectivity index (χ4v) is 5.72. The number of nitrogens with one attached hydrogen (secondary N) is 1. The van der Waals surface area contributed by atoms with Crippen LogP contribution >= 0.6 is 23.2 Å². The number of fused-ring (bicyclic) bond motifs is 1. The summed E-state index contributed by atoms with van der Waals surface area (Å²) in [6, 6.07) is 17.3. The molecule has 0 bridgehead atoms. The molecule has 9 heteroatoms. The second-order valence-corrected chi connectivity index (χ2v) is 10.5. The molecule has 1 aliphatic rings. The van der Waals surface area contributed by atoms with Crippen molar-refractivity contribution in [3.63, 3.8) is 0 Å². The number of piperazine rings is 1. The maximum absolute atomic E-state index is 13.2. The molecule has 3 aromatic carbocycles. The summed E-state index contributed by atoms with van der Waals surface area (Å²) in [5.41, 5.74) is 0.491. The fraction of sp³-hybridized carbons (Fsp3) is 0.261. The second-order valence-electron chi connectivity index (χ2n) is 7.74. The van der Waals surface area contributed by atoms with Crippen molar-refractivity contribution >= 4 is 55.6 Å². The zero-order valence-electron chi connectivity index (χ0n) is 17.5. The first kappa shape index (κ1) is 23.0. The zero-order chi connectivity index (χ0) is 22.9. The SMILES string of the molecule is CC(C(=O)Nc1ccc(Cl)cc1Cl)N1CCN(S(=O)(=O)c2ccc3ccccc3c2)CC1. The molecule has 6 nitrogen and oxygen atoms in total. The van der Waals surface area contributed by atoms with E-state index in [9.17, 15) is 13.2 Å². The van der Waals surface area contributed by atoms with E-state index in [0.717, 1.165) is 10.8 Å². The Morgan fingerprint density at radius 2 is 1.62 bits per heavy atom. The topological polar surface area (TPSA) is 69.7 Å². The molecule has 1 aliphatic heterocycles. The Morgan fingerprint density at radius 3 is 2.31 bits per heavy atom. The Kier molecular flexibility index (Phi) is 6.74. The van der Waals surface area contributed by atoms with E-state index in [0.29, 0.717) is 41.9 Å². The number of amides is 1. The van der Waals surface area contributed by atoms with Gasteiger partial charge in [-0.05, 0) is 48.0 Å². The summed E-state index contributed by atoms with van der Waals surface area (Å²) in [4.78, 5) is 14.9. The molecule has 1 amide bonds. The summed E-state index contributed by atoms with van der Waals surface area (Å²) in [7, 11) is -3.60. The van der Waals surface area contributed by atoms with Gasteiger partial charge in [-0.2, -0.15) is 4.31 Å². The number of benzene rings is 3. The van der Waals surface area contributed by atoms with Crippen LogP contribution in [0, 0.1) is 0 Å². The summed E-state index contributed by atoms with van der Waals surface area (Å²) in [5, 5.41) is 5.56. The van der Waals surface area contributed by atoms with Crippen LogP contribution < -0.4 is 5.32 Å². The number of carbonyl (C=O) groups excluding carboxylic acids is 1. The highest BCUT2D eigenvalue weighted by atomic mass is 35.5. The highest BCUT2D eigenvalue weighted by Crippen LogP contribution is 2.26. The Bertz CT molecular complexity index is 1260. The minimum Gasteiger partial charge on any atom is -0.323 e. The van der Waals surface area contributed by atoms with Crippen molar-refractivity contribution in [2.24, 2.45) is 0 Å². The van der Waals surface area contributed by atoms with E-state index in [1.165, 1.54) is 4.31 Å². The van der Waals surface area contributed by atoms with Gasteiger partial charge in [-0.1, -0.05) is 53.5 Å². The normalized spacial score (nSPS) is 16.7. The van der Waals surface area contributed by atoms with E-state index in [-0.39, 0.29) is 10.8 Å². The summed E-state index contributed by atoms with van der Waals surface area (Å²) in [5.74, 6) is -0.208. The van der Waals surface area contributed by atoms with E-state index in [1.54, 1.807) is 37.3 Å². The molecule has 1 atom stereocenters. The van der Waals surface area contributed by atoms with Gasteiger partial charge in [0, 0.05) is 31.2 Å². The molecule has 0 aromatic heterocycles. The highest BCUT2D eigenvalue weighted by molar-refractivity contribution is 7.89. The number of hydrogen-bond acceptors (Lipinski definition) is 4. The van der Waals surface area contributed by atoms with Crippen molar-refractivity contribution < 1.29 is 13.2 Å². The molecular formula is C23H23Cl2N3O3S. The van der Waals surface area contributed by atoms with Crippen LogP contribution in [0.25, 0.3) is 10.8 Å². The number of sulfonamides is 1. The molecule has 3 aromatic rings. The number of nitrogens with zero attached hydrogens (tertiary/aromatic N) is 2. The summed E-state index contributed by atoms with van der Waals surface area (Å²) >= 11 is 12.0. The van der Waals surface area contributed by atoms with Crippen molar-refractivity contribution in [1.29, 1.82) is 0 Å². The first-order valence-electron chi connectivity index (χ1n) is 10.2. The third kappa shape index (κ3) is 4.77. The molecule has 1 N–H and O–H groups in total. The van der Waals surface area contributed by atoms with Crippen LogP contribution in [0.2, 0.25) is 10.0 Å². The molecule has 0 radical (unpaired) electrons. The van der Waals surface area contributed by atoms with Crippen LogP contribution in [0.4, 0.5) is 5.69 Å². The molecule has 1 heterocycles. The van der Waals surface area contributed by atoms with Crippen LogP contribution in [0.5, 0.6) is 0 Å². The Labute approximate surface area is 197 Å². The zero-order valence-corrected chi connectivity index (χ0v) is 19.8. The van der Waals surface area contributed by atoms with Gasteiger partial charge in [-0.15, -0.1) is 0 Å². The fourth-order valence-electron chi connectivity index (χ4n) is 3.80. The third-order valence-electron chi connectivity index (χ3n) is 5.75. The molecule has 0 saturated carbocycles. The summed E-state index contributed by atoms with van der Waals surface area (Å²) < 4.78 is 27.8. The second kappa shape index (κ2) is 9.37. The van der Waals surface area contributed by atoms with Gasteiger partial charge in [-0.3, -0.25) is 9.69 Å². The van der Waals surface area contributed by atoms with Gasteiger partial charge in [0.05, 0.1) is 21.6 Å². The number of rotatable bonds is 5. The van der Waals surface area contributed by atoms with E-state index in [4.69, 9.17) is 23.2 Å². The Morgan fingerprint density at radius 1 is 0.938 bits per heavy atom. The lowest BCUT2D eigenvalue weighted by Crippen LogP contribution is -2.53. The van der Waals surface area contributed by atoms with Crippen LogP contribution in [0.3, 0.4) is 0 Å². The monoisotopic (exact) mass is 491 g/mol. The summed E-state index contributed by atoms with van der Waals surface area (Å²) in [6.07, 6.45) is 0. The molecule has 4 rings (SSSR count). The maximum Gasteiger partial charge on any atom is 0.243 e. The maximum atomic E-state index is 13.2. The third-order valence-corrected chi connectivity index (χ3v) is 8.19. The minimum atomic E-state index is -3.60. The van der Waals surface area contributed by atoms with Crippen molar-refractivity contribution in [3.8, 4) is 0 Å². The van der Waals surface area contributed by atoms with Gasteiger partial charge in [0.25, 0.3) is 0 Å². The largest absolute Gasteiger partial charge is 0.323 e. The van der Waals surface area contributed by atoms with E-state index in [2.05, 4.69) is 5.32 Å². The first-order valence-corrected chi connectivity index (χ1v) is 12.4. The summed E-state index contributed by atoms with van der Waals surface area (Å²) in [6.45, 7) is 3.33. The average molecular weight is 492 g/mol. The van der Waals surface area contributed by atoms with Crippen molar-refractivity contribution in [3.05, 3.63) is 70.7 Å². The number of halogens is 2. The van der Waals surface area contributed by atoms with Crippen LogP contribution in [0.1, 0.15) is 6.92 Å². The van der Waals surface area contributed by atoms with Gasteiger partial charge >= 0.3 is 0 Å². The standard InChI is InChI=1S/C23H23Cl2N3O3S/c1-16(23(29)26-22-9-7-19(24)15-21(22)25)27-10-12-28(13-11-27)32(30,31)20-8-6-17-4-2-3-5-18(17)14-20/h2-9,14-16H,10-13H2,1H3,(H,26,29). The Hall–Kier alpha value is -2.16. The number of carbonyl (C=O) groups is 1. The lowest BCUT2D eigenvalue weighted by Gasteiger charge is -2.36. The molecule has 1 unspecified atom stereocenters. The average Bonchev–Trinajstić information content (AvgIpc) is 2.80. The van der Waals surface area contributed by atoms with Gasteiger partial charge in [-0.25, -0.2) is 8.42 Å². The van der Waals surface area contributed by atoms with Crippen LogP contribution in [0.15, 0.2) is 65.6 Å². The molecule has 1 saturated heterocycles. The first-order chi connectivity index (χ1) is 15.3. The van der Waals surface area contributed by atoms with Crippen molar-refractivity contribution in [2.75, 3.05) is 31.5 Å². The van der Waals surface area contributed by atoms with Crippen molar-refractivity contribution in [2.45, 2.75) is 17.9 Å². The lowest BCUT2D eigenvalue weighted by molar-refractivity contribution is -0.121. The molecule has 1 fully saturated rings. The van der Waals surface area contributed by atoms with Gasteiger partial charge < -0.3 is 5.32 Å². The highest BCUT2D eigenvalue weighted by Gasteiger charge is 2.32. The quantitative estimate of drug-likeness (QED) is 0.571. The Balaban J connectivity index is 1.40.